The SMILES string of the molecule is COc1ccc(CNC(=O)c2cc3n(n2)CC(C)(C(=O)NCc2ccc(C)cc2)N(C)C3=O)cc1OC. The van der Waals surface area contributed by atoms with Gasteiger partial charge in [-0.3, -0.25) is 19.1 Å². The van der Waals surface area contributed by atoms with Gasteiger partial charge in [0.15, 0.2) is 17.2 Å². The number of benzene rings is 2. The van der Waals surface area contributed by atoms with Gasteiger partial charge in [-0.1, -0.05) is 35.9 Å². The molecule has 10 nitrogen and oxygen atoms in total. The number of aromatic nitrogens is 2. The van der Waals surface area contributed by atoms with Crippen LogP contribution in [0.2, 0.25) is 0 Å². The Kier molecular flexibility index (Phi) is 7.19. The Morgan fingerprint density at radius 3 is 2.30 bits per heavy atom. The van der Waals surface area contributed by atoms with Gasteiger partial charge in [0.2, 0.25) is 5.91 Å². The number of hydrogen-bond acceptors (Lipinski definition) is 6. The molecule has 0 bridgehead atoms. The first-order valence-electron chi connectivity index (χ1n) is 11.8. The zero-order valence-corrected chi connectivity index (χ0v) is 21.6. The molecular formula is C27H31N5O5. The molecule has 0 aliphatic carbocycles. The Labute approximate surface area is 215 Å². The van der Waals surface area contributed by atoms with Crippen molar-refractivity contribution in [3.05, 3.63) is 76.6 Å². The fraction of sp³-hybridized carbons (Fsp3) is 0.333. The Hall–Kier alpha value is -4.34. The molecule has 1 unspecified atom stereocenters. The van der Waals surface area contributed by atoms with Crippen LogP contribution in [0.5, 0.6) is 11.5 Å². The molecule has 3 amide bonds. The maximum Gasteiger partial charge on any atom is 0.272 e. The molecule has 0 saturated heterocycles. The van der Waals surface area contributed by atoms with Crippen LogP contribution in [0.4, 0.5) is 0 Å². The number of nitrogens with one attached hydrogen (secondary N) is 2. The summed E-state index contributed by atoms with van der Waals surface area (Å²) < 4.78 is 12.0. The highest BCUT2D eigenvalue weighted by atomic mass is 16.5. The highest BCUT2D eigenvalue weighted by Crippen LogP contribution is 2.28. The van der Waals surface area contributed by atoms with E-state index < -0.39 is 11.4 Å². The van der Waals surface area contributed by atoms with Crippen LogP contribution < -0.4 is 20.1 Å². The molecule has 1 aliphatic rings. The van der Waals surface area contributed by atoms with Crippen molar-refractivity contribution in [1.29, 1.82) is 0 Å². The first-order valence-corrected chi connectivity index (χ1v) is 11.8. The summed E-state index contributed by atoms with van der Waals surface area (Å²) in [5, 5.41) is 10.1. The highest BCUT2D eigenvalue weighted by Gasteiger charge is 2.46. The predicted molar refractivity (Wildman–Crippen MR) is 136 cm³/mol. The standard InChI is InChI=1S/C27H31N5O5/c1-17-6-8-18(9-7-17)14-29-26(35)27(2)16-32-21(25(34)31(27)3)13-20(30-32)24(33)28-15-19-10-11-22(36-4)23(12-19)37-5/h6-13H,14-16H2,1-5H3,(H,28,33)(H,29,35). The zero-order chi connectivity index (χ0) is 26.7. The van der Waals surface area contributed by atoms with Gasteiger partial charge in [-0.05, 0) is 37.1 Å². The molecule has 1 atom stereocenters. The second kappa shape index (κ2) is 10.3. The first kappa shape index (κ1) is 25.7. The molecule has 2 aromatic carbocycles. The molecule has 2 N–H and O–H groups in total. The number of hydrogen-bond donors (Lipinski definition) is 2. The number of carbonyl (C=O) groups is 3. The summed E-state index contributed by atoms with van der Waals surface area (Å²) in [4.78, 5) is 40.5. The minimum absolute atomic E-state index is 0.0986. The van der Waals surface area contributed by atoms with Crippen LogP contribution in [-0.4, -0.2) is 59.2 Å². The molecule has 194 valence electrons. The molecule has 3 aromatic rings. The van der Waals surface area contributed by atoms with Gasteiger partial charge in [-0.15, -0.1) is 0 Å². The van der Waals surface area contributed by atoms with Gasteiger partial charge in [0.1, 0.15) is 11.2 Å². The third-order valence-corrected chi connectivity index (χ3v) is 6.70. The van der Waals surface area contributed by atoms with Crippen molar-refractivity contribution in [1.82, 2.24) is 25.3 Å². The number of likely N-dealkylation sites (N-methyl/N-ethyl adjacent to an activating group) is 1. The topological polar surface area (TPSA) is 115 Å². The van der Waals surface area contributed by atoms with Crippen molar-refractivity contribution in [3.63, 3.8) is 0 Å². The van der Waals surface area contributed by atoms with E-state index in [4.69, 9.17) is 9.47 Å². The minimum atomic E-state index is -1.17. The summed E-state index contributed by atoms with van der Waals surface area (Å²) in [5.41, 5.74) is 2.08. The summed E-state index contributed by atoms with van der Waals surface area (Å²) in [6.45, 7) is 4.38. The maximum atomic E-state index is 13.2. The average Bonchev–Trinajstić information content (AvgIpc) is 3.33. The third-order valence-electron chi connectivity index (χ3n) is 6.70. The number of carbonyl (C=O) groups excluding carboxylic acids is 3. The molecule has 0 spiro atoms. The Balaban J connectivity index is 1.45. The fourth-order valence-electron chi connectivity index (χ4n) is 4.18. The Bertz CT molecular complexity index is 1330. The lowest BCUT2D eigenvalue weighted by atomic mass is 9.95. The van der Waals surface area contributed by atoms with E-state index in [-0.39, 0.29) is 36.3 Å². The van der Waals surface area contributed by atoms with Gasteiger partial charge in [0.05, 0.1) is 20.8 Å². The van der Waals surface area contributed by atoms with Crippen molar-refractivity contribution >= 4 is 17.7 Å². The summed E-state index contributed by atoms with van der Waals surface area (Å²) in [7, 11) is 4.68. The van der Waals surface area contributed by atoms with Gasteiger partial charge in [-0.25, -0.2) is 0 Å². The molecule has 0 fully saturated rings. The number of amides is 3. The number of aryl methyl sites for hydroxylation is 1. The maximum absolute atomic E-state index is 13.2. The van der Waals surface area contributed by atoms with Gasteiger partial charge >= 0.3 is 0 Å². The van der Waals surface area contributed by atoms with Crippen LogP contribution in [0.3, 0.4) is 0 Å². The van der Waals surface area contributed by atoms with Crippen LogP contribution in [0.15, 0.2) is 48.5 Å². The van der Waals surface area contributed by atoms with Crippen LogP contribution in [0, 0.1) is 6.92 Å². The van der Waals surface area contributed by atoms with Crippen LogP contribution in [0.25, 0.3) is 0 Å². The second-order valence-electron chi connectivity index (χ2n) is 9.25. The quantitative estimate of drug-likeness (QED) is 0.486. The lowest BCUT2D eigenvalue weighted by molar-refractivity contribution is -0.132. The van der Waals surface area contributed by atoms with Crippen molar-refractivity contribution in [2.75, 3.05) is 21.3 Å². The number of ether oxygens (including phenoxy) is 2. The molecule has 4 rings (SSSR count). The Morgan fingerprint density at radius 2 is 1.62 bits per heavy atom. The number of nitrogens with zero attached hydrogens (tertiary/aromatic N) is 3. The molecule has 0 saturated carbocycles. The molecule has 1 aromatic heterocycles. The fourth-order valence-corrected chi connectivity index (χ4v) is 4.18. The van der Waals surface area contributed by atoms with Crippen molar-refractivity contribution in [2.45, 2.75) is 39.0 Å². The van der Waals surface area contributed by atoms with Gasteiger partial charge in [0, 0.05) is 26.2 Å². The highest BCUT2D eigenvalue weighted by molar-refractivity contribution is 6.01. The largest absolute Gasteiger partial charge is 0.493 e. The van der Waals surface area contributed by atoms with E-state index in [1.54, 1.807) is 40.3 Å². The van der Waals surface area contributed by atoms with Crippen molar-refractivity contribution in [2.24, 2.45) is 0 Å². The van der Waals surface area contributed by atoms with E-state index in [1.165, 1.54) is 15.6 Å². The van der Waals surface area contributed by atoms with Crippen molar-refractivity contribution < 1.29 is 23.9 Å². The van der Waals surface area contributed by atoms with Gasteiger partial charge < -0.3 is 25.0 Å². The van der Waals surface area contributed by atoms with E-state index in [2.05, 4.69) is 15.7 Å². The Morgan fingerprint density at radius 1 is 0.973 bits per heavy atom. The second-order valence-corrected chi connectivity index (χ2v) is 9.25. The summed E-state index contributed by atoms with van der Waals surface area (Å²) in [6.07, 6.45) is 0. The third kappa shape index (κ3) is 5.13. The molecule has 0 radical (unpaired) electrons. The van der Waals surface area contributed by atoms with E-state index >= 15 is 0 Å². The van der Waals surface area contributed by atoms with Crippen LogP contribution in [-0.2, 0) is 24.4 Å². The average molecular weight is 506 g/mol. The molecule has 10 heteroatoms. The molecule has 1 aliphatic heterocycles. The van der Waals surface area contributed by atoms with E-state index in [0.717, 1.165) is 16.7 Å². The molecule has 37 heavy (non-hydrogen) atoms. The minimum Gasteiger partial charge on any atom is -0.493 e. The van der Waals surface area contributed by atoms with Crippen LogP contribution >= 0.6 is 0 Å². The monoisotopic (exact) mass is 505 g/mol. The van der Waals surface area contributed by atoms with E-state index in [9.17, 15) is 14.4 Å². The smallest absolute Gasteiger partial charge is 0.272 e. The molecular weight excluding hydrogens is 474 g/mol. The van der Waals surface area contributed by atoms with Crippen LogP contribution in [0.1, 0.15) is 44.6 Å². The van der Waals surface area contributed by atoms with Gasteiger partial charge in [0.25, 0.3) is 11.8 Å². The summed E-state index contributed by atoms with van der Waals surface area (Å²) >= 11 is 0. The number of methoxy groups -OCH3 is 2. The number of rotatable bonds is 8. The summed E-state index contributed by atoms with van der Waals surface area (Å²) in [6, 6.07) is 14.7. The predicted octanol–water partition coefficient (Wildman–Crippen LogP) is 2.30. The molecule has 2 heterocycles. The zero-order valence-electron chi connectivity index (χ0n) is 21.6. The lowest BCUT2D eigenvalue weighted by Crippen LogP contribution is -2.62. The number of fused-ring (bicyclic) bond motifs is 1. The summed E-state index contributed by atoms with van der Waals surface area (Å²) in [5.74, 6) is 0.0288. The van der Waals surface area contributed by atoms with E-state index in [0.29, 0.717) is 18.0 Å². The van der Waals surface area contributed by atoms with E-state index in [1.807, 2.05) is 37.3 Å². The first-order chi connectivity index (χ1) is 17.7. The van der Waals surface area contributed by atoms with Crippen molar-refractivity contribution in [3.8, 4) is 11.5 Å². The normalized spacial score (nSPS) is 16.7. The lowest BCUT2D eigenvalue weighted by Gasteiger charge is -2.40. The van der Waals surface area contributed by atoms with Gasteiger partial charge in [-0.2, -0.15) is 5.10 Å².